The second-order valence-corrected chi connectivity index (χ2v) is 5.32. The van der Waals surface area contributed by atoms with Crippen molar-refractivity contribution in [2.45, 2.75) is 17.7 Å². The molecule has 1 amide bonds. The summed E-state index contributed by atoms with van der Waals surface area (Å²) < 4.78 is 12.7. The van der Waals surface area contributed by atoms with Crippen LogP contribution in [0.3, 0.4) is 0 Å². The van der Waals surface area contributed by atoms with Crippen LogP contribution in [0.25, 0.3) is 0 Å². The van der Waals surface area contributed by atoms with Crippen LogP contribution in [0.1, 0.15) is 12.0 Å². The molecule has 1 aliphatic rings. The zero-order valence-electron chi connectivity index (χ0n) is 8.83. The predicted molar refractivity (Wildman–Crippen MR) is 64.0 cm³/mol. The van der Waals surface area contributed by atoms with Gasteiger partial charge in [0.2, 0.25) is 5.91 Å². The van der Waals surface area contributed by atoms with Gasteiger partial charge in [0.25, 0.3) is 0 Å². The average molecular weight is 286 g/mol. The molecule has 1 aliphatic heterocycles. The summed E-state index contributed by atoms with van der Waals surface area (Å²) in [5.74, 6) is -0.147. The molecule has 1 aromatic rings. The number of carbonyl (C=O) groups is 1. The zero-order chi connectivity index (χ0) is 11.5. The SMILES string of the molecule is O=C(Cc1ccc(F)cc1)N1CCC(Br)C1. The molecule has 0 radical (unpaired) electrons. The molecule has 0 aromatic heterocycles. The van der Waals surface area contributed by atoms with Crippen LogP contribution < -0.4 is 0 Å². The lowest BCUT2D eigenvalue weighted by molar-refractivity contribution is -0.129. The van der Waals surface area contributed by atoms with Crippen molar-refractivity contribution < 1.29 is 9.18 Å². The molecule has 4 heteroatoms. The molecule has 1 aromatic carbocycles. The van der Waals surface area contributed by atoms with Gasteiger partial charge in [-0.25, -0.2) is 4.39 Å². The quantitative estimate of drug-likeness (QED) is 0.764. The Balaban J connectivity index is 1.94. The van der Waals surface area contributed by atoms with Crippen molar-refractivity contribution in [2.24, 2.45) is 0 Å². The van der Waals surface area contributed by atoms with Crippen LogP contribution in [0, 0.1) is 5.82 Å². The van der Waals surface area contributed by atoms with Crippen LogP contribution in [0.2, 0.25) is 0 Å². The van der Waals surface area contributed by atoms with Gasteiger partial charge in [0.1, 0.15) is 5.82 Å². The van der Waals surface area contributed by atoms with E-state index in [-0.39, 0.29) is 11.7 Å². The topological polar surface area (TPSA) is 20.3 Å². The molecule has 1 saturated heterocycles. The summed E-state index contributed by atoms with van der Waals surface area (Å²) in [5.41, 5.74) is 0.865. The van der Waals surface area contributed by atoms with E-state index in [0.717, 1.165) is 25.1 Å². The van der Waals surface area contributed by atoms with E-state index in [2.05, 4.69) is 15.9 Å². The Labute approximate surface area is 103 Å². The molecule has 2 rings (SSSR count). The van der Waals surface area contributed by atoms with Crippen LogP contribution in [0.5, 0.6) is 0 Å². The van der Waals surface area contributed by atoms with Gasteiger partial charge in [-0.15, -0.1) is 0 Å². The number of nitrogens with zero attached hydrogens (tertiary/aromatic N) is 1. The maximum atomic E-state index is 12.7. The molecule has 1 unspecified atom stereocenters. The Morgan fingerprint density at radius 2 is 2.12 bits per heavy atom. The van der Waals surface area contributed by atoms with Crippen molar-refractivity contribution in [3.8, 4) is 0 Å². The van der Waals surface area contributed by atoms with Crippen molar-refractivity contribution in [3.05, 3.63) is 35.6 Å². The van der Waals surface area contributed by atoms with Crippen LogP contribution in [-0.2, 0) is 11.2 Å². The summed E-state index contributed by atoms with van der Waals surface area (Å²) in [6.07, 6.45) is 1.37. The third-order valence-electron chi connectivity index (χ3n) is 2.75. The van der Waals surface area contributed by atoms with E-state index in [1.807, 2.05) is 4.90 Å². The first-order chi connectivity index (χ1) is 7.65. The summed E-state index contributed by atoms with van der Waals surface area (Å²) in [7, 11) is 0. The van der Waals surface area contributed by atoms with Gasteiger partial charge in [0, 0.05) is 17.9 Å². The third kappa shape index (κ3) is 2.82. The van der Waals surface area contributed by atoms with E-state index >= 15 is 0 Å². The van der Waals surface area contributed by atoms with Crippen molar-refractivity contribution in [1.29, 1.82) is 0 Å². The summed E-state index contributed by atoms with van der Waals surface area (Å²) in [5, 5.41) is 0. The molecule has 0 spiro atoms. The maximum absolute atomic E-state index is 12.7. The highest BCUT2D eigenvalue weighted by Gasteiger charge is 2.23. The van der Waals surface area contributed by atoms with Crippen molar-refractivity contribution in [3.63, 3.8) is 0 Å². The Morgan fingerprint density at radius 3 is 2.69 bits per heavy atom. The van der Waals surface area contributed by atoms with Gasteiger partial charge in [-0.2, -0.15) is 0 Å². The minimum absolute atomic E-state index is 0.119. The van der Waals surface area contributed by atoms with E-state index in [1.54, 1.807) is 12.1 Å². The van der Waals surface area contributed by atoms with Gasteiger partial charge in [-0.3, -0.25) is 4.79 Å². The van der Waals surface area contributed by atoms with E-state index in [1.165, 1.54) is 12.1 Å². The maximum Gasteiger partial charge on any atom is 0.227 e. The number of likely N-dealkylation sites (tertiary alicyclic amines) is 1. The third-order valence-corrected chi connectivity index (χ3v) is 3.50. The van der Waals surface area contributed by atoms with Crippen molar-refractivity contribution in [1.82, 2.24) is 4.90 Å². The largest absolute Gasteiger partial charge is 0.341 e. The zero-order valence-corrected chi connectivity index (χ0v) is 10.4. The Morgan fingerprint density at radius 1 is 1.44 bits per heavy atom. The van der Waals surface area contributed by atoms with Gasteiger partial charge in [-0.1, -0.05) is 28.1 Å². The van der Waals surface area contributed by atoms with Crippen LogP contribution >= 0.6 is 15.9 Å². The van der Waals surface area contributed by atoms with E-state index in [9.17, 15) is 9.18 Å². The molecule has 2 nitrogen and oxygen atoms in total. The molecular weight excluding hydrogens is 273 g/mol. The number of benzene rings is 1. The molecular formula is C12H13BrFNO. The second kappa shape index (κ2) is 4.95. The van der Waals surface area contributed by atoms with E-state index < -0.39 is 0 Å². The minimum Gasteiger partial charge on any atom is -0.341 e. The number of hydrogen-bond acceptors (Lipinski definition) is 1. The normalized spacial score (nSPS) is 20.1. The van der Waals surface area contributed by atoms with Gasteiger partial charge in [0.05, 0.1) is 6.42 Å². The van der Waals surface area contributed by atoms with Crippen molar-refractivity contribution >= 4 is 21.8 Å². The number of hydrogen-bond donors (Lipinski definition) is 0. The number of rotatable bonds is 2. The standard InChI is InChI=1S/C12H13BrFNO/c13-10-5-6-15(8-10)12(16)7-9-1-3-11(14)4-2-9/h1-4,10H,5-8H2. The minimum atomic E-state index is -0.266. The molecule has 86 valence electrons. The summed E-state index contributed by atoms with van der Waals surface area (Å²) >= 11 is 3.50. The lowest BCUT2D eigenvalue weighted by Crippen LogP contribution is -2.30. The Bertz CT molecular complexity index is 379. The highest BCUT2D eigenvalue weighted by Crippen LogP contribution is 2.17. The molecule has 0 N–H and O–H groups in total. The first-order valence-corrected chi connectivity index (χ1v) is 6.23. The first kappa shape index (κ1) is 11.6. The lowest BCUT2D eigenvalue weighted by atomic mass is 10.1. The smallest absolute Gasteiger partial charge is 0.227 e. The number of alkyl halides is 1. The van der Waals surface area contributed by atoms with Gasteiger partial charge in [-0.05, 0) is 24.1 Å². The number of carbonyl (C=O) groups excluding carboxylic acids is 1. The van der Waals surface area contributed by atoms with Crippen molar-refractivity contribution in [2.75, 3.05) is 13.1 Å². The van der Waals surface area contributed by atoms with Crippen LogP contribution in [-0.4, -0.2) is 28.7 Å². The average Bonchev–Trinajstić information content (AvgIpc) is 2.68. The fraction of sp³-hybridized carbons (Fsp3) is 0.417. The number of amides is 1. The van der Waals surface area contributed by atoms with Gasteiger partial charge in [0.15, 0.2) is 0 Å². The van der Waals surface area contributed by atoms with E-state index in [4.69, 9.17) is 0 Å². The molecule has 0 aliphatic carbocycles. The van der Waals surface area contributed by atoms with Gasteiger partial charge < -0.3 is 4.90 Å². The molecule has 16 heavy (non-hydrogen) atoms. The predicted octanol–water partition coefficient (Wildman–Crippen LogP) is 2.36. The molecule has 1 heterocycles. The Kier molecular flexibility index (Phi) is 3.59. The molecule has 1 atom stereocenters. The summed E-state index contributed by atoms with van der Waals surface area (Å²) in [4.78, 5) is 14.1. The molecule has 0 bridgehead atoms. The highest BCUT2D eigenvalue weighted by molar-refractivity contribution is 9.09. The summed E-state index contributed by atoms with van der Waals surface area (Å²) in [6.45, 7) is 1.59. The van der Waals surface area contributed by atoms with Crippen LogP contribution in [0.4, 0.5) is 4.39 Å². The van der Waals surface area contributed by atoms with Gasteiger partial charge >= 0.3 is 0 Å². The molecule has 1 fully saturated rings. The fourth-order valence-corrected chi connectivity index (χ4v) is 2.39. The number of halogens is 2. The second-order valence-electron chi connectivity index (χ2n) is 4.03. The molecule has 0 saturated carbocycles. The monoisotopic (exact) mass is 285 g/mol. The Hall–Kier alpha value is -0.900. The first-order valence-electron chi connectivity index (χ1n) is 5.31. The summed E-state index contributed by atoms with van der Waals surface area (Å²) in [6, 6.07) is 6.10. The fourth-order valence-electron chi connectivity index (χ4n) is 1.83. The van der Waals surface area contributed by atoms with E-state index in [0.29, 0.717) is 11.2 Å². The highest BCUT2D eigenvalue weighted by atomic mass is 79.9. The van der Waals surface area contributed by atoms with Crippen LogP contribution in [0.15, 0.2) is 24.3 Å². The lowest BCUT2D eigenvalue weighted by Gasteiger charge is -2.15.